The first-order chi connectivity index (χ1) is 9.13. The minimum Gasteiger partial charge on any atom is -0.477 e. The lowest BCUT2D eigenvalue weighted by molar-refractivity contribution is 0.0695. The van der Waals surface area contributed by atoms with Crippen LogP contribution in [0.4, 0.5) is 0 Å². The topological polar surface area (TPSA) is 70.2 Å². The molecule has 0 saturated carbocycles. The average Bonchev–Trinajstić information content (AvgIpc) is 2.39. The molecule has 1 aromatic heterocycles. The van der Waals surface area contributed by atoms with Crippen LogP contribution in [0.25, 0.3) is 17.0 Å². The van der Waals surface area contributed by atoms with Crippen LogP contribution in [0.5, 0.6) is 0 Å². The van der Waals surface area contributed by atoms with Crippen molar-refractivity contribution in [3.05, 3.63) is 51.8 Å². The normalized spacial score (nSPS) is 11.2. The Morgan fingerprint density at radius 3 is 2.89 bits per heavy atom. The maximum atomic E-state index is 12.0. The number of hydrogen-bond acceptors (Lipinski definition) is 2. The predicted octanol–water partition coefficient (Wildman–Crippen LogP) is 2.87. The quantitative estimate of drug-likeness (QED) is 0.844. The van der Waals surface area contributed by atoms with E-state index in [1.165, 1.54) is 6.20 Å². The summed E-state index contributed by atoms with van der Waals surface area (Å²) in [6, 6.07) is 5.28. The van der Waals surface area contributed by atoms with E-state index in [2.05, 4.69) is 4.98 Å². The van der Waals surface area contributed by atoms with Crippen LogP contribution in [0.2, 0.25) is 0 Å². The summed E-state index contributed by atoms with van der Waals surface area (Å²) in [7, 11) is 0. The van der Waals surface area contributed by atoms with Crippen molar-refractivity contribution in [1.29, 1.82) is 0 Å². The van der Waals surface area contributed by atoms with Crippen molar-refractivity contribution in [1.82, 2.24) is 4.98 Å². The fourth-order valence-electron chi connectivity index (χ4n) is 1.78. The lowest BCUT2D eigenvalue weighted by Gasteiger charge is -2.01. The summed E-state index contributed by atoms with van der Waals surface area (Å²) in [6.45, 7) is 0. The van der Waals surface area contributed by atoms with E-state index >= 15 is 0 Å². The number of allylic oxidation sites excluding steroid dienone is 1. The predicted molar refractivity (Wildman–Crippen MR) is 75.9 cm³/mol. The number of benzene rings is 1. The van der Waals surface area contributed by atoms with Crippen LogP contribution in [-0.4, -0.2) is 21.9 Å². The van der Waals surface area contributed by atoms with E-state index in [0.29, 0.717) is 16.8 Å². The molecule has 2 aromatic rings. The van der Waals surface area contributed by atoms with Gasteiger partial charge in [0.15, 0.2) is 0 Å². The number of hydrogen-bond donors (Lipinski definition) is 2. The number of fused-ring (bicyclic) bond motifs is 1. The number of aromatic amines is 1. The van der Waals surface area contributed by atoms with Gasteiger partial charge in [-0.15, -0.1) is 11.6 Å². The van der Waals surface area contributed by atoms with Crippen LogP contribution >= 0.6 is 11.6 Å². The van der Waals surface area contributed by atoms with Crippen LogP contribution in [-0.2, 0) is 0 Å². The van der Waals surface area contributed by atoms with E-state index in [1.54, 1.807) is 12.1 Å². The second-order valence-electron chi connectivity index (χ2n) is 4.02. The van der Waals surface area contributed by atoms with Gasteiger partial charge < -0.3 is 10.1 Å². The highest BCUT2D eigenvalue weighted by molar-refractivity contribution is 6.17. The first kappa shape index (κ1) is 13.4. The van der Waals surface area contributed by atoms with Crippen LogP contribution in [0.1, 0.15) is 22.3 Å². The lowest BCUT2D eigenvalue weighted by atomic mass is 10.1. The summed E-state index contributed by atoms with van der Waals surface area (Å²) in [5.41, 5.74) is 0.721. The van der Waals surface area contributed by atoms with E-state index in [-0.39, 0.29) is 5.56 Å². The summed E-state index contributed by atoms with van der Waals surface area (Å²) in [4.78, 5) is 25.7. The molecule has 5 heteroatoms. The van der Waals surface area contributed by atoms with E-state index in [0.717, 1.165) is 12.0 Å². The Hall–Kier alpha value is -2.07. The highest BCUT2D eigenvalue weighted by Gasteiger charge is 2.11. The number of alkyl halides is 1. The van der Waals surface area contributed by atoms with E-state index in [1.807, 2.05) is 18.2 Å². The van der Waals surface area contributed by atoms with Crippen molar-refractivity contribution in [2.24, 2.45) is 0 Å². The van der Waals surface area contributed by atoms with Gasteiger partial charge in [0.1, 0.15) is 5.56 Å². The molecule has 0 unspecified atom stereocenters. The molecule has 1 aromatic carbocycles. The summed E-state index contributed by atoms with van der Waals surface area (Å²) < 4.78 is 0. The monoisotopic (exact) mass is 277 g/mol. The van der Waals surface area contributed by atoms with E-state index in [9.17, 15) is 9.59 Å². The Kier molecular flexibility index (Phi) is 4.02. The fourth-order valence-corrected chi connectivity index (χ4v) is 1.91. The SMILES string of the molecule is O=C(O)c1c[nH]c2ccc(C=CCCCl)cc2c1=O. The van der Waals surface area contributed by atoms with Gasteiger partial charge in [0.05, 0.1) is 0 Å². The Balaban J connectivity index is 2.54. The zero-order chi connectivity index (χ0) is 13.8. The highest BCUT2D eigenvalue weighted by Crippen LogP contribution is 2.13. The molecule has 2 N–H and O–H groups in total. The van der Waals surface area contributed by atoms with Gasteiger partial charge in [-0.2, -0.15) is 0 Å². The van der Waals surface area contributed by atoms with Crippen molar-refractivity contribution in [2.45, 2.75) is 6.42 Å². The number of carbonyl (C=O) groups is 1. The maximum Gasteiger partial charge on any atom is 0.341 e. The number of pyridine rings is 1. The zero-order valence-corrected chi connectivity index (χ0v) is 10.8. The number of carboxylic acids is 1. The van der Waals surface area contributed by atoms with Gasteiger partial charge in [-0.25, -0.2) is 4.79 Å². The van der Waals surface area contributed by atoms with Crippen LogP contribution in [0, 0.1) is 0 Å². The molecule has 0 amide bonds. The van der Waals surface area contributed by atoms with Crippen LogP contribution in [0.15, 0.2) is 35.3 Å². The van der Waals surface area contributed by atoms with Gasteiger partial charge in [-0.3, -0.25) is 4.79 Å². The Morgan fingerprint density at radius 1 is 1.42 bits per heavy atom. The molecule has 0 radical (unpaired) electrons. The molecule has 19 heavy (non-hydrogen) atoms. The molecule has 0 aliphatic heterocycles. The third kappa shape index (κ3) is 2.85. The fraction of sp³-hybridized carbons (Fsp3) is 0.143. The number of rotatable bonds is 4. The molecular weight excluding hydrogens is 266 g/mol. The average molecular weight is 278 g/mol. The lowest BCUT2D eigenvalue weighted by Crippen LogP contribution is -2.15. The molecule has 0 fully saturated rings. The largest absolute Gasteiger partial charge is 0.477 e. The molecule has 1 heterocycles. The molecule has 0 saturated heterocycles. The molecule has 0 bridgehead atoms. The van der Waals surface area contributed by atoms with Crippen molar-refractivity contribution in [2.75, 3.05) is 5.88 Å². The summed E-state index contributed by atoms with van der Waals surface area (Å²) in [5.74, 6) is -0.695. The Bertz CT molecular complexity index is 703. The molecular formula is C14H12ClNO3. The number of nitrogens with one attached hydrogen (secondary N) is 1. The van der Waals surface area contributed by atoms with Crippen molar-refractivity contribution in [3.8, 4) is 0 Å². The van der Waals surface area contributed by atoms with Gasteiger partial charge in [0, 0.05) is 23.0 Å². The van der Waals surface area contributed by atoms with Crippen molar-refractivity contribution >= 4 is 34.5 Å². The zero-order valence-electron chi connectivity index (χ0n) is 10.0. The molecule has 0 aliphatic carbocycles. The van der Waals surface area contributed by atoms with E-state index < -0.39 is 11.4 Å². The molecule has 4 nitrogen and oxygen atoms in total. The third-order valence-corrected chi connectivity index (χ3v) is 2.94. The number of H-pyrrole nitrogens is 1. The van der Waals surface area contributed by atoms with Gasteiger partial charge in [-0.05, 0) is 24.1 Å². The highest BCUT2D eigenvalue weighted by atomic mass is 35.5. The van der Waals surface area contributed by atoms with Crippen LogP contribution in [0.3, 0.4) is 0 Å². The molecule has 0 atom stereocenters. The minimum atomic E-state index is -1.23. The van der Waals surface area contributed by atoms with Gasteiger partial charge in [0.2, 0.25) is 5.43 Å². The first-order valence-electron chi connectivity index (χ1n) is 5.74. The summed E-state index contributed by atoms with van der Waals surface area (Å²) in [6.07, 6.45) is 5.72. The smallest absolute Gasteiger partial charge is 0.341 e. The van der Waals surface area contributed by atoms with Gasteiger partial charge >= 0.3 is 5.97 Å². The third-order valence-electron chi connectivity index (χ3n) is 2.72. The van der Waals surface area contributed by atoms with Crippen molar-refractivity contribution < 1.29 is 9.90 Å². The maximum absolute atomic E-state index is 12.0. The molecule has 2 rings (SSSR count). The van der Waals surface area contributed by atoms with Gasteiger partial charge in [-0.1, -0.05) is 18.2 Å². The van der Waals surface area contributed by atoms with E-state index in [4.69, 9.17) is 16.7 Å². The summed E-state index contributed by atoms with van der Waals surface area (Å²) in [5, 5.41) is 9.29. The van der Waals surface area contributed by atoms with Gasteiger partial charge in [0.25, 0.3) is 0 Å². The molecule has 98 valence electrons. The number of aromatic carboxylic acids is 1. The Morgan fingerprint density at radius 2 is 2.21 bits per heavy atom. The molecule has 0 aliphatic rings. The standard InChI is InChI=1S/C14H12ClNO3/c15-6-2-1-3-9-4-5-12-10(7-9)13(17)11(8-16-12)14(18)19/h1,3-5,7-8H,2,6H2,(H,16,17)(H,18,19). The second-order valence-corrected chi connectivity index (χ2v) is 4.40. The van der Waals surface area contributed by atoms with Crippen LogP contribution < -0.4 is 5.43 Å². The summed E-state index contributed by atoms with van der Waals surface area (Å²) >= 11 is 5.57. The second kappa shape index (κ2) is 5.71. The molecule has 0 spiro atoms. The first-order valence-corrected chi connectivity index (χ1v) is 6.28. The minimum absolute atomic E-state index is 0.255. The number of aromatic nitrogens is 1. The number of carboxylic acid groups (broad SMARTS) is 1. The van der Waals surface area contributed by atoms with Crippen molar-refractivity contribution in [3.63, 3.8) is 0 Å². The number of halogens is 1. The Labute approximate surface area is 114 Å².